The molecular weight excluding hydrogens is 326 g/mol. The summed E-state index contributed by atoms with van der Waals surface area (Å²) in [7, 11) is -3.75. The van der Waals surface area contributed by atoms with E-state index in [-0.39, 0.29) is 23.1 Å². The summed E-state index contributed by atoms with van der Waals surface area (Å²) in [4.78, 5) is 12.1. The Balaban J connectivity index is 1.58. The number of carbonyl (C=O) groups excluding carboxylic acids is 1. The molecule has 3 rings (SSSR count). The molecule has 0 atom stereocenters. The summed E-state index contributed by atoms with van der Waals surface area (Å²) < 4.78 is 27.9. The molecule has 24 heavy (non-hydrogen) atoms. The van der Waals surface area contributed by atoms with Crippen molar-refractivity contribution in [1.82, 2.24) is 5.32 Å². The van der Waals surface area contributed by atoms with Gasteiger partial charge in [0.05, 0.1) is 12.1 Å². The Labute approximate surface area is 140 Å². The first-order valence-corrected chi connectivity index (χ1v) is 8.99. The maximum atomic E-state index is 12.1. The molecule has 6 nitrogen and oxygen atoms in total. The van der Waals surface area contributed by atoms with E-state index in [4.69, 9.17) is 0 Å². The van der Waals surface area contributed by atoms with Crippen LogP contribution in [0.5, 0.6) is 0 Å². The fourth-order valence-corrected chi connectivity index (χ4v) is 3.60. The minimum absolute atomic E-state index is 0.109. The molecule has 0 bridgehead atoms. The van der Waals surface area contributed by atoms with Crippen LogP contribution < -0.4 is 10.6 Å². The number of hydrogen-bond donors (Lipinski definition) is 2. The number of amides is 1. The predicted molar refractivity (Wildman–Crippen MR) is 92.5 cm³/mol. The van der Waals surface area contributed by atoms with Gasteiger partial charge >= 0.3 is 0 Å². The van der Waals surface area contributed by atoms with Crippen LogP contribution in [0.4, 0.5) is 5.69 Å². The Morgan fingerprint density at radius 3 is 2.54 bits per heavy atom. The highest BCUT2D eigenvalue weighted by atomic mass is 32.2. The summed E-state index contributed by atoms with van der Waals surface area (Å²) in [5.74, 6) is -0.141. The zero-order valence-corrected chi connectivity index (χ0v) is 13.7. The standard InChI is InChI=1S/C17H17N3O3S/c21-17(18-11-10-13-6-2-1-3-7-13)12-16-19-14-8-4-5-9-15(14)24(22,23)20-16/h1-9H,10-12H2,(H,18,21)(H,19,20). The number of nitrogens with zero attached hydrogens (tertiary/aromatic N) is 1. The van der Waals surface area contributed by atoms with Gasteiger partial charge in [0.25, 0.3) is 10.0 Å². The van der Waals surface area contributed by atoms with E-state index in [1.54, 1.807) is 18.2 Å². The molecule has 1 heterocycles. The molecule has 0 spiro atoms. The number of carbonyl (C=O) groups is 1. The van der Waals surface area contributed by atoms with Crippen molar-refractivity contribution in [2.75, 3.05) is 11.9 Å². The molecule has 1 amide bonds. The van der Waals surface area contributed by atoms with Crippen molar-refractivity contribution in [3.8, 4) is 0 Å². The van der Waals surface area contributed by atoms with Gasteiger partial charge in [0.1, 0.15) is 10.7 Å². The van der Waals surface area contributed by atoms with E-state index in [1.165, 1.54) is 6.07 Å². The van der Waals surface area contributed by atoms with Crippen molar-refractivity contribution < 1.29 is 13.2 Å². The largest absolute Gasteiger partial charge is 0.355 e. The second-order valence-corrected chi connectivity index (χ2v) is 6.97. The molecule has 0 aromatic heterocycles. The van der Waals surface area contributed by atoms with Crippen LogP contribution in [-0.2, 0) is 21.2 Å². The van der Waals surface area contributed by atoms with Crippen molar-refractivity contribution in [1.29, 1.82) is 0 Å². The Hall–Kier alpha value is -2.67. The van der Waals surface area contributed by atoms with Crippen molar-refractivity contribution >= 4 is 27.5 Å². The second-order valence-electron chi connectivity index (χ2n) is 5.40. The summed E-state index contributed by atoms with van der Waals surface area (Å²) >= 11 is 0. The summed E-state index contributed by atoms with van der Waals surface area (Å²) in [5.41, 5.74) is 1.57. The molecule has 0 fully saturated rings. The number of sulfonamides is 1. The molecule has 1 aliphatic heterocycles. The van der Waals surface area contributed by atoms with E-state index < -0.39 is 10.0 Å². The van der Waals surface area contributed by atoms with Crippen LogP contribution in [0.15, 0.2) is 63.9 Å². The van der Waals surface area contributed by atoms with E-state index in [2.05, 4.69) is 15.0 Å². The fourth-order valence-electron chi connectivity index (χ4n) is 2.45. The van der Waals surface area contributed by atoms with Crippen LogP contribution in [-0.4, -0.2) is 26.7 Å². The van der Waals surface area contributed by atoms with E-state index in [0.717, 1.165) is 5.56 Å². The van der Waals surface area contributed by atoms with Crippen LogP contribution in [0.1, 0.15) is 12.0 Å². The average Bonchev–Trinajstić information content (AvgIpc) is 2.55. The number of amidine groups is 1. The van der Waals surface area contributed by atoms with E-state index >= 15 is 0 Å². The van der Waals surface area contributed by atoms with Gasteiger partial charge in [0.15, 0.2) is 0 Å². The molecular formula is C17H17N3O3S. The van der Waals surface area contributed by atoms with Crippen LogP contribution >= 0.6 is 0 Å². The predicted octanol–water partition coefficient (Wildman–Crippen LogP) is 1.95. The van der Waals surface area contributed by atoms with Crippen molar-refractivity contribution in [2.24, 2.45) is 4.40 Å². The number of nitrogens with one attached hydrogen (secondary N) is 2. The van der Waals surface area contributed by atoms with Crippen LogP contribution in [0.25, 0.3) is 0 Å². The number of hydrogen-bond acceptors (Lipinski definition) is 4. The van der Waals surface area contributed by atoms with E-state index in [0.29, 0.717) is 18.7 Å². The molecule has 2 N–H and O–H groups in total. The minimum Gasteiger partial charge on any atom is -0.355 e. The molecule has 1 aliphatic rings. The highest BCUT2D eigenvalue weighted by molar-refractivity contribution is 7.90. The molecule has 0 unspecified atom stereocenters. The lowest BCUT2D eigenvalue weighted by Gasteiger charge is -2.17. The Morgan fingerprint density at radius 1 is 1.04 bits per heavy atom. The summed E-state index contributed by atoms with van der Waals surface area (Å²) in [5, 5.41) is 5.68. The quantitative estimate of drug-likeness (QED) is 0.868. The zero-order valence-electron chi connectivity index (χ0n) is 12.9. The maximum Gasteiger partial charge on any atom is 0.286 e. The number of rotatable bonds is 5. The zero-order chi connectivity index (χ0) is 17.0. The first-order chi connectivity index (χ1) is 11.5. The minimum atomic E-state index is -3.75. The molecule has 2 aromatic carbocycles. The van der Waals surface area contributed by atoms with Gasteiger partial charge in [-0.2, -0.15) is 8.42 Å². The van der Waals surface area contributed by atoms with Gasteiger partial charge in [0.2, 0.25) is 5.91 Å². The van der Waals surface area contributed by atoms with Gasteiger partial charge in [-0.15, -0.1) is 4.40 Å². The van der Waals surface area contributed by atoms with Gasteiger partial charge in [0, 0.05) is 6.54 Å². The van der Waals surface area contributed by atoms with E-state index in [1.807, 2.05) is 30.3 Å². The van der Waals surface area contributed by atoms with Crippen LogP contribution in [0.2, 0.25) is 0 Å². The monoisotopic (exact) mass is 343 g/mol. The van der Waals surface area contributed by atoms with Gasteiger partial charge in [-0.05, 0) is 24.1 Å². The molecule has 0 saturated heterocycles. The third-order valence-electron chi connectivity index (χ3n) is 3.58. The first-order valence-electron chi connectivity index (χ1n) is 7.55. The number of fused-ring (bicyclic) bond motifs is 1. The third kappa shape index (κ3) is 3.80. The van der Waals surface area contributed by atoms with Crippen LogP contribution in [0.3, 0.4) is 0 Å². The molecule has 7 heteroatoms. The lowest BCUT2D eigenvalue weighted by atomic mass is 10.1. The lowest BCUT2D eigenvalue weighted by molar-refractivity contribution is -0.119. The Morgan fingerprint density at radius 2 is 1.75 bits per heavy atom. The Bertz CT molecular complexity index is 877. The molecule has 0 radical (unpaired) electrons. The number of benzene rings is 2. The second kappa shape index (κ2) is 6.84. The third-order valence-corrected chi connectivity index (χ3v) is 4.95. The summed E-state index contributed by atoms with van der Waals surface area (Å²) in [6, 6.07) is 16.3. The molecule has 0 aliphatic carbocycles. The number of para-hydroxylation sites is 1. The highest BCUT2D eigenvalue weighted by Crippen LogP contribution is 2.26. The number of anilines is 1. The summed E-state index contributed by atoms with van der Waals surface area (Å²) in [6.45, 7) is 0.486. The lowest BCUT2D eigenvalue weighted by Crippen LogP contribution is -2.31. The fraction of sp³-hybridized carbons (Fsp3) is 0.176. The normalized spacial score (nSPS) is 14.9. The highest BCUT2D eigenvalue weighted by Gasteiger charge is 2.25. The summed E-state index contributed by atoms with van der Waals surface area (Å²) in [6.07, 6.45) is 0.607. The Kier molecular flexibility index (Phi) is 4.61. The molecule has 124 valence electrons. The topological polar surface area (TPSA) is 87.6 Å². The van der Waals surface area contributed by atoms with Gasteiger partial charge in [-0.3, -0.25) is 4.79 Å². The smallest absolute Gasteiger partial charge is 0.286 e. The van der Waals surface area contributed by atoms with Gasteiger partial charge < -0.3 is 10.6 Å². The maximum absolute atomic E-state index is 12.1. The van der Waals surface area contributed by atoms with Crippen LogP contribution in [0, 0.1) is 0 Å². The first kappa shape index (κ1) is 16.2. The molecule has 2 aromatic rings. The van der Waals surface area contributed by atoms with Crippen molar-refractivity contribution in [3.05, 3.63) is 60.2 Å². The van der Waals surface area contributed by atoms with Crippen molar-refractivity contribution in [2.45, 2.75) is 17.7 Å². The van der Waals surface area contributed by atoms with Gasteiger partial charge in [-0.1, -0.05) is 42.5 Å². The molecule has 0 saturated carbocycles. The van der Waals surface area contributed by atoms with Crippen molar-refractivity contribution in [3.63, 3.8) is 0 Å². The van der Waals surface area contributed by atoms with E-state index in [9.17, 15) is 13.2 Å². The van der Waals surface area contributed by atoms with Gasteiger partial charge in [-0.25, -0.2) is 0 Å². The average molecular weight is 343 g/mol. The SMILES string of the molecule is O=C(CC1=NS(=O)(=O)c2ccccc2N1)NCCc1ccccc1.